The van der Waals surface area contributed by atoms with Crippen LogP contribution in [-0.2, 0) is 9.53 Å². The molecule has 1 atom stereocenters. The van der Waals surface area contributed by atoms with Gasteiger partial charge in [0.15, 0.2) is 0 Å². The third-order valence-electron chi connectivity index (χ3n) is 2.53. The van der Waals surface area contributed by atoms with E-state index in [-0.39, 0.29) is 18.3 Å². The average molecular weight is 224 g/mol. The summed E-state index contributed by atoms with van der Waals surface area (Å²) in [6.45, 7) is 1.09. The van der Waals surface area contributed by atoms with Gasteiger partial charge in [0, 0.05) is 18.8 Å². The standard InChI is InChI=1S/C11H13FN2O2/c12-8-1-3-9(4-2-8)14-5-6-16-10(7-13)11(14)15/h1-4,10H,5-7,13H2. The zero-order valence-corrected chi connectivity index (χ0v) is 8.73. The first-order valence-corrected chi connectivity index (χ1v) is 5.11. The van der Waals surface area contributed by atoms with Crippen molar-refractivity contribution in [1.29, 1.82) is 0 Å². The van der Waals surface area contributed by atoms with Gasteiger partial charge in [-0.2, -0.15) is 0 Å². The molecule has 0 saturated carbocycles. The lowest BCUT2D eigenvalue weighted by molar-refractivity contribution is -0.133. The fraction of sp³-hybridized carbons (Fsp3) is 0.364. The predicted octanol–water partition coefficient (Wildman–Crippen LogP) is 0.516. The fourth-order valence-corrected chi connectivity index (χ4v) is 1.69. The van der Waals surface area contributed by atoms with Gasteiger partial charge in [-0.3, -0.25) is 4.79 Å². The maximum atomic E-state index is 12.7. The van der Waals surface area contributed by atoms with Crippen molar-refractivity contribution in [1.82, 2.24) is 0 Å². The summed E-state index contributed by atoms with van der Waals surface area (Å²) in [4.78, 5) is 13.4. The molecule has 1 aliphatic heterocycles. The number of amides is 1. The predicted molar refractivity (Wildman–Crippen MR) is 57.5 cm³/mol. The minimum absolute atomic E-state index is 0.163. The van der Waals surface area contributed by atoms with Crippen LogP contribution < -0.4 is 10.6 Å². The van der Waals surface area contributed by atoms with Gasteiger partial charge in [0.2, 0.25) is 0 Å². The molecule has 1 heterocycles. The fourth-order valence-electron chi connectivity index (χ4n) is 1.69. The summed E-state index contributed by atoms with van der Waals surface area (Å²) < 4.78 is 18.0. The van der Waals surface area contributed by atoms with Crippen LogP contribution in [0, 0.1) is 5.82 Å². The van der Waals surface area contributed by atoms with Crippen LogP contribution in [0.2, 0.25) is 0 Å². The second-order valence-corrected chi connectivity index (χ2v) is 3.56. The monoisotopic (exact) mass is 224 g/mol. The Morgan fingerprint density at radius 3 is 2.75 bits per heavy atom. The van der Waals surface area contributed by atoms with E-state index in [4.69, 9.17) is 10.5 Å². The Hall–Kier alpha value is -1.46. The van der Waals surface area contributed by atoms with Gasteiger partial charge in [-0.1, -0.05) is 0 Å². The molecule has 2 N–H and O–H groups in total. The topological polar surface area (TPSA) is 55.6 Å². The highest BCUT2D eigenvalue weighted by Gasteiger charge is 2.29. The number of hydrogen-bond donors (Lipinski definition) is 1. The van der Waals surface area contributed by atoms with E-state index in [1.165, 1.54) is 12.1 Å². The van der Waals surface area contributed by atoms with Gasteiger partial charge >= 0.3 is 0 Å². The minimum atomic E-state index is -0.584. The van der Waals surface area contributed by atoms with Gasteiger partial charge in [-0.15, -0.1) is 0 Å². The lowest BCUT2D eigenvalue weighted by Crippen LogP contribution is -2.50. The Kier molecular flexibility index (Phi) is 3.17. The van der Waals surface area contributed by atoms with Crippen LogP contribution in [0.25, 0.3) is 0 Å². The van der Waals surface area contributed by atoms with Crippen molar-refractivity contribution in [3.05, 3.63) is 30.1 Å². The summed E-state index contributed by atoms with van der Waals surface area (Å²) in [6.07, 6.45) is -0.584. The molecule has 1 saturated heterocycles. The molecule has 86 valence electrons. The highest BCUT2D eigenvalue weighted by molar-refractivity contribution is 5.97. The highest BCUT2D eigenvalue weighted by Crippen LogP contribution is 2.18. The molecule has 2 rings (SSSR count). The molecule has 0 aliphatic carbocycles. The molecular weight excluding hydrogens is 211 g/mol. The number of anilines is 1. The first kappa shape index (κ1) is 11.0. The highest BCUT2D eigenvalue weighted by atomic mass is 19.1. The van der Waals surface area contributed by atoms with E-state index in [0.29, 0.717) is 18.8 Å². The normalized spacial score (nSPS) is 21.2. The number of morpholine rings is 1. The number of benzene rings is 1. The van der Waals surface area contributed by atoms with Crippen molar-refractivity contribution < 1.29 is 13.9 Å². The minimum Gasteiger partial charge on any atom is -0.365 e. The number of rotatable bonds is 2. The van der Waals surface area contributed by atoms with E-state index < -0.39 is 6.10 Å². The summed E-state index contributed by atoms with van der Waals surface area (Å²) >= 11 is 0. The zero-order valence-electron chi connectivity index (χ0n) is 8.73. The molecule has 0 radical (unpaired) electrons. The molecule has 1 fully saturated rings. The molecule has 1 aromatic rings. The zero-order chi connectivity index (χ0) is 11.5. The first-order valence-electron chi connectivity index (χ1n) is 5.11. The van der Waals surface area contributed by atoms with Gasteiger partial charge in [0.1, 0.15) is 11.9 Å². The lowest BCUT2D eigenvalue weighted by Gasteiger charge is -2.31. The lowest BCUT2D eigenvalue weighted by atomic mass is 10.2. The Labute approximate surface area is 92.8 Å². The summed E-state index contributed by atoms with van der Waals surface area (Å²) in [6, 6.07) is 5.81. The molecule has 1 amide bonds. The molecule has 0 aromatic heterocycles. The van der Waals surface area contributed by atoms with Crippen LogP contribution in [0.1, 0.15) is 0 Å². The summed E-state index contributed by atoms with van der Waals surface area (Å²) in [5.74, 6) is -0.486. The maximum absolute atomic E-state index is 12.7. The Morgan fingerprint density at radius 2 is 2.12 bits per heavy atom. The summed E-state index contributed by atoms with van der Waals surface area (Å²) in [5, 5.41) is 0. The van der Waals surface area contributed by atoms with Crippen molar-refractivity contribution in [3.8, 4) is 0 Å². The van der Waals surface area contributed by atoms with E-state index in [1.54, 1.807) is 17.0 Å². The largest absolute Gasteiger partial charge is 0.365 e. The number of ether oxygens (including phenoxy) is 1. The van der Waals surface area contributed by atoms with E-state index in [9.17, 15) is 9.18 Å². The van der Waals surface area contributed by atoms with Crippen LogP contribution >= 0.6 is 0 Å². The second kappa shape index (κ2) is 4.59. The molecule has 4 nitrogen and oxygen atoms in total. The molecule has 5 heteroatoms. The molecular formula is C11H13FN2O2. The SMILES string of the molecule is NCC1OCCN(c2ccc(F)cc2)C1=O. The van der Waals surface area contributed by atoms with E-state index >= 15 is 0 Å². The van der Waals surface area contributed by atoms with Crippen molar-refractivity contribution in [2.75, 3.05) is 24.6 Å². The Bertz CT molecular complexity index is 380. The van der Waals surface area contributed by atoms with Crippen LogP contribution in [0.3, 0.4) is 0 Å². The molecule has 1 unspecified atom stereocenters. The summed E-state index contributed by atoms with van der Waals surface area (Å²) in [7, 11) is 0. The van der Waals surface area contributed by atoms with Crippen molar-refractivity contribution in [3.63, 3.8) is 0 Å². The van der Waals surface area contributed by atoms with Crippen LogP contribution in [0.4, 0.5) is 10.1 Å². The number of nitrogens with two attached hydrogens (primary N) is 1. The van der Waals surface area contributed by atoms with Crippen LogP contribution in [-0.4, -0.2) is 31.7 Å². The smallest absolute Gasteiger partial charge is 0.257 e. The number of nitrogens with zero attached hydrogens (tertiary/aromatic N) is 1. The van der Waals surface area contributed by atoms with Crippen molar-refractivity contribution >= 4 is 11.6 Å². The molecule has 0 spiro atoms. The third-order valence-corrected chi connectivity index (χ3v) is 2.53. The quantitative estimate of drug-likeness (QED) is 0.796. The van der Waals surface area contributed by atoms with Gasteiger partial charge in [-0.25, -0.2) is 4.39 Å². The molecule has 1 aromatic carbocycles. The van der Waals surface area contributed by atoms with Crippen LogP contribution in [0.5, 0.6) is 0 Å². The van der Waals surface area contributed by atoms with Crippen LogP contribution in [0.15, 0.2) is 24.3 Å². The van der Waals surface area contributed by atoms with Gasteiger partial charge < -0.3 is 15.4 Å². The average Bonchev–Trinajstić information content (AvgIpc) is 2.31. The number of hydrogen-bond acceptors (Lipinski definition) is 3. The van der Waals surface area contributed by atoms with E-state index in [2.05, 4.69) is 0 Å². The van der Waals surface area contributed by atoms with Gasteiger partial charge in [0.05, 0.1) is 6.61 Å². The molecule has 1 aliphatic rings. The maximum Gasteiger partial charge on any atom is 0.257 e. The first-order chi connectivity index (χ1) is 7.72. The molecule has 0 bridgehead atoms. The van der Waals surface area contributed by atoms with Crippen molar-refractivity contribution in [2.45, 2.75) is 6.10 Å². The number of carbonyl (C=O) groups is 1. The Morgan fingerprint density at radius 1 is 1.44 bits per heavy atom. The van der Waals surface area contributed by atoms with E-state index in [0.717, 1.165) is 0 Å². The Balaban J connectivity index is 2.20. The number of carbonyl (C=O) groups excluding carboxylic acids is 1. The van der Waals surface area contributed by atoms with E-state index in [1.807, 2.05) is 0 Å². The van der Waals surface area contributed by atoms with Gasteiger partial charge in [0.25, 0.3) is 5.91 Å². The van der Waals surface area contributed by atoms with Gasteiger partial charge in [-0.05, 0) is 24.3 Å². The van der Waals surface area contributed by atoms with Crippen molar-refractivity contribution in [2.24, 2.45) is 5.73 Å². The third kappa shape index (κ3) is 2.05. The molecule has 16 heavy (non-hydrogen) atoms. The second-order valence-electron chi connectivity index (χ2n) is 3.56. The summed E-state index contributed by atoms with van der Waals surface area (Å²) in [5.41, 5.74) is 6.10. The number of halogens is 1.